The Hall–Kier alpha value is -1.51. The van der Waals surface area contributed by atoms with Crippen molar-refractivity contribution in [3.63, 3.8) is 0 Å². The zero-order chi connectivity index (χ0) is 16.8. The third kappa shape index (κ3) is 4.98. The van der Waals surface area contributed by atoms with E-state index in [0.717, 1.165) is 17.5 Å². The fourth-order valence-corrected chi connectivity index (χ4v) is 3.04. The minimum Gasteiger partial charge on any atom is -0.350 e. The molecule has 1 atom stereocenters. The van der Waals surface area contributed by atoms with Gasteiger partial charge in [0, 0.05) is 16.5 Å². The number of carbonyl (C=O) groups is 1. The molecule has 2 nitrogen and oxygen atoms in total. The van der Waals surface area contributed by atoms with Gasteiger partial charge in [-0.3, -0.25) is 4.79 Å². The average Bonchev–Trinajstić information content (AvgIpc) is 2.54. The molecule has 4 heteroatoms. The molecule has 0 aliphatic rings. The molecule has 0 saturated carbocycles. The lowest BCUT2D eigenvalue weighted by Crippen LogP contribution is -2.26. The number of hydrogen-bond donors (Lipinski definition) is 1. The summed E-state index contributed by atoms with van der Waals surface area (Å²) in [7, 11) is 0. The van der Waals surface area contributed by atoms with Crippen molar-refractivity contribution in [2.45, 2.75) is 39.2 Å². The van der Waals surface area contributed by atoms with Crippen molar-refractivity contribution in [2.24, 2.45) is 0 Å². The van der Waals surface area contributed by atoms with Crippen molar-refractivity contribution in [1.82, 2.24) is 5.32 Å². The summed E-state index contributed by atoms with van der Waals surface area (Å²) >= 11 is 12.3. The maximum atomic E-state index is 12.1. The van der Waals surface area contributed by atoms with E-state index >= 15 is 0 Å². The number of benzene rings is 2. The predicted octanol–water partition coefficient (Wildman–Crippen LogP) is 5.37. The van der Waals surface area contributed by atoms with Crippen LogP contribution in [0.4, 0.5) is 0 Å². The summed E-state index contributed by atoms with van der Waals surface area (Å²) in [4.78, 5) is 12.1. The first-order chi connectivity index (χ1) is 11.0. The highest BCUT2D eigenvalue weighted by Gasteiger charge is 2.12. The standard InChI is InChI=1S/C19H21Cl2NO/c1-3-14-7-9-15(10-8-14)13(2)22-19(23)12-11-16-17(20)5-4-6-18(16)21/h4-10,13H,3,11-12H2,1-2H3,(H,22,23). The predicted molar refractivity (Wildman–Crippen MR) is 97.2 cm³/mol. The summed E-state index contributed by atoms with van der Waals surface area (Å²) in [5, 5.41) is 4.23. The molecule has 2 aromatic carbocycles. The molecule has 0 spiro atoms. The number of rotatable bonds is 6. The monoisotopic (exact) mass is 349 g/mol. The Morgan fingerprint density at radius 2 is 1.70 bits per heavy atom. The molecular formula is C19H21Cl2NO. The maximum absolute atomic E-state index is 12.1. The van der Waals surface area contributed by atoms with Gasteiger partial charge in [-0.1, -0.05) is 60.5 Å². The Labute approximate surface area is 147 Å². The fraction of sp³-hybridized carbons (Fsp3) is 0.316. The zero-order valence-corrected chi connectivity index (χ0v) is 14.9. The van der Waals surface area contributed by atoms with Crippen LogP contribution in [0.2, 0.25) is 10.0 Å². The Bertz CT molecular complexity index is 647. The highest BCUT2D eigenvalue weighted by Crippen LogP contribution is 2.25. The molecule has 0 aliphatic carbocycles. The molecule has 0 fully saturated rings. The molecule has 1 amide bonds. The maximum Gasteiger partial charge on any atom is 0.220 e. The van der Waals surface area contributed by atoms with Crippen LogP contribution in [0.25, 0.3) is 0 Å². The molecule has 2 rings (SSSR count). The summed E-state index contributed by atoms with van der Waals surface area (Å²) in [5.74, 6) is -0.00643. The normalized spacial score (nSPS) is 12.0. The smallest absolute Gasteiger partial charge is 0.220 e. The average molecular weight is 350 g/mol. The molecule has 0 heterocycles. The fourth-order valence-electron chi connectivity index (χ4n) is 2.45. The number of halogens is 2. The van der Waals surface area contributed by atoms with Crippen molar-refractivity contribution in [3.8, 4) is 0 Å². The van der Waals surface area contributed by atoms with Crippen LogP contribution in [0.15, 0.2) is 42.5 Å². The number of hydrogen-bond acceptors (Lipinski definition) is 1. The lowest BCUT2D eigenvalue weighted by atomic mass is 10.0. The van der Waals surface area contributed by atoms with Crippen LogP contribution in [0.3, 0.4) is 0 Å². The van der Waals surface area contributed by atoms with E-state index in [0.29, 0.717) is 22.9 Å². The summed E-state index contributed by atoms with van der Waals surface area (Å²) in [6, 6.07) is 13.7. The summed E-state index contributed by atoms with van der Waals surface area (Å²) in [5.41, 5.74) is 3.22. The van der Waals surface area contributed by atoms with Crippen molar-refractivity contribution in [1.29, 1.82) is 0 Å². The van der Waals surface area contributed by atoms with Crippen LogP contribution in [0, 0.1) is 0 Å². The van der Waals surface area contributed by atoms with E-state index in [1.807, 2.05) is 6.92 Å². The Morgan fingerprint density at radius 1 is 1.09 bits per heavy atom. The first kappa shape index (κ1) is 17.8. The molecule has 1 unspecified atom stereocenters. The molecule has 0 radical (unpaired) electrons. The van der Waals surface area contributed by atoms with Gasteiger partial charge in [-0.25, -0.2) is 0 Å². The van der Waals surface area contributed by atoms with Gasteiger partial charge in [0.1, 0.15) is 0 Å². The summed E-state index contributed by atoms with van der Waals surface area (Å²) in [6.07, 6.45) is 1.91. The van der Waals surface area contributed by atoms with E-state index in [4.69, 9.17) is 23.2 Å². The van der Waals surface area contributed by atoms with E-state index in [2.05, 4.69) is 36.5 Å². The number of aryl methyl sites for hydroxylation is 1. The minimum absolute atomic E-state index is 0.00643. The number of nitrogens with one attached hydrogen (secondary N) is 1. The van der Waals surface area contributed by atoms with Crippen LogP contribution in [0.1, 0.15) is 43.0 Å². The van der Waals surface area contributed by atoms with Gasteiger partial charge < -0.3 is 5.32 Å². The van der Waals surface area contributed by atoms with Gasteiger partial charge in [0.25, 0.3) is 0 Å². The van der Waals surface area contributed by atoms with Crippen LogP contribution < -0.4 is 5.32 Å². The molecule has 0 saturated heterocycles. The Morgan fingerprint density at radius 3 is 2.26 bits per heavy atom. The van der Waals surface area contributed by atoms with Crippen LogP contribution in [-0.4, -0.2) is 5.91 Å². The first-order valence-corrected chi connectivity index (χ1v) is 8.58. The van der Waals surface area contributed by atoms with Crippen LogP contribution in [-0.2, 0) is 17.6 Å². The van der Waals surface area contributed by atoms with Crippen molar-refractivity contribution < 1.29 is 4.79 Å². The van der Waals surface area contributed by atoms with Crippen molar-refractivity contribution >= 4 is 29.1 Å². The van der Waals surface area contributed by atoms with Gasteiger partial charge >= 0.3 is 0 Å². The second-order valence-electron chi connectivity index (χ2n) is 5.58. The molecule has 0 aromatic heterocycles. The number of carbonyl (C=O) groups excluding carboxylic acids is 1. The lowest BCUT2D eigenvalue weighted by Gasteiger charge is -2.15. The molecule has 1 N–H and O–H groups in total. The third-order valence-corrected chi connectivity index (χ3v) is 4.64. The molecule has 23 heavy (non-hydrogen) atoms. The summed E-state index contributed by atoms with van der Waals surface area (Å²) in [6.45, 7) is 4.11. The topological polar surface area (TPSA) is 29.1 Å². The van der Waals surface area contributed by atoms with Gasteiger partial charge in [0.05, 0.1) is 6.04 Å². The second kappa shape index (κ2) is 8.37. The van der Waals surface area contributed by atoms with E-state index in [9.17, 15) is 4.79 Å². The quantitative estimate of drug-likeness (QED) is 0.746. The Kier molecular flexibility index (Phi) is 6.49. The number of amides is 1. The van der Waals surface area contributed by atoms with Gasteiger partial charge in [-0.2, -0.15) is 0 Å². The first-order valence-electron chi connectivity index (χ1n) is 7.82. The van der Waals surface area contributed by atoms with Crippen LogP contribution >= 0.6 is 23.2 Å². The van der Waals surface area contributed by atoms with Gasteiger partial charge in [-0.15, -0.1) is 0 Å². The third-order valence-electron chi connectivity index (χ3n) is 3.93. The van der Waals surface area contributed by atoms with E-state index in [-0.39, 0.29) is 11.9 Å². The molecule has 0 aliphatic heterocycles. The van der Waals surface area contributed by atoms with E-state index in [1.54, 1.807) is 18.2 Å². The minimum atomic E-state index is -0.0184. The van der Waals surface area contributed by atoms with Gasteiger partial charge in [0.15, 0.2) is 0 Å². The zero-order valence-electron chi connectivity index (χ0n) is 13.4. The van der Waals surface area contributed by atoms with E-state index in [1.165, 1.54) is 5.56 Å². The second-order valence-corrected chi connectivity index (χ2v) is 6.40. The van der Waals surface area contributed by atoms with Crippen molar-refractivity contribution in [3.05, 3.63) is 69.2 Å². The van der Waals surface area contributed by atoms with E-state index < -0.39 is 0 Å². The molecular weight excluding hydrogens is 329 g/mol. The lowest BCUT2D eigenvalue weighted by molar-refractivity contribution is -0.121. The highest BCUT2D eigenvalue weighted by molar-refractivity contribution is 6.36. The Balaban J connectivity index is 1.91. The highest BCUT2D eigenvalue weighted by atomic mass is 35.5. The molecule has 0 bridgehead atoms. The largest absolute Gasteiger partial charge is 0.350 e. The summed E-state index contributed by atoms with van der Waals surface area (Å²) < 4.78 is 0. The SMILES string of the molecule is CCc1ccc(C(C)NC(=O)CCc2c(Cl)cccc2Cl)cc1. The van der Waals surface area contributed by atoms with Gasteiger partial charge in [-0.05, 0) is 48.6 Å². The van der Waals surface area contributed by atoms with Crippen molar-refractivity contribution in [2.75, 3.05) is 0 Å². The van der Waals surface area contributed by atoms with Crippen LogP contribution in [0.5, 0.6) is 0 Å². The van der Waals surface area contributed by atoms with Gasteiger partial charge in [0.2, 0.25) is 5.91 Å². The molecule has 122 valence electrons. The molecule has 2 aromatic rings.